The summed E-state index contributed by atoms with van der Waals surface area (Å²) in [5.74, 6) is -6.71. The van der Waals surface area contributed by atoms with Crippen LogP contribution in [-0.2, 0) is 4.79 Å². The van der Waals surface area contributed by atoms with Crippen LogP contribution in [0.25, 0.3) is 0 Å². The van der Waals surface area contributed by atoms with Crippen molar-refractivity contribution >= 4 is 17.7 Å². The van der Waals surface area contributed by atoms with Gasteiger partial charge >= 0.3 is 11.9 Å². The summed E-state index contributed by atoms with van der Waals surface area (Å²) in [4.78, 5) is 10.0. The second-order valence-electron chi connectivity index (χ2n) is 2.36. The van der Waals surface area contributed by atoms with Gasteiger partial charge in [0.25, 0.3) is 0 Å². The fraction of sp³-hybridized carbons (Fsp3) is 0.286. The highest BCUT2D eigenvalue weighted by Crippen LogP contribution is 2.24. The molecule has 0 aliphatic rings. The lowest BCUT2D eigenvalue weighted by Gasteiger charge is -2.08. The zero-order chi connectivity index (χ0) is 10.6. The molecule has 0 atom stereocenters. The number of aliphatic carboxylic acids is 1. The van der Waals surface area contributed by atoms with Gasteiger partial charge in [-0.3, -0.25) is 0 Å². The molecule has 0 saturated carbocycles. The van der Waals surface area contributed by atoms with Crippen molar-refractivity contribution in [2.45, 2.75) is 10.9 Å². The fourth-order valence-corrected chi connectivity index (χ4v) is 1.32. The quantitative estimate of drug-likeness (QED) is 0.774. The molecule has 0 bridgehead atoms. The van der Waals surface area contributed by atoms with E-state index in [-0.39, 0.29) is 5.03 Å². The molecule has 0 fully saturated rings. The van der Waals surface area contributed by atoms with Crippen LogP contribution in [0.2, 0.25) is 0 Å². The summed E-state index contributed by atoms with van der Waals surface area (Å²) in [5.41, 5.74) is 0. The Morgan fingerprint density at radius 2 is 2.36 bits per heavy atom. The fourth-order valence-electron chi connectivity index (χ4n) is 0.591. The third-order valence-corrected chi connectivity index (χ3v) is 2.28. The normalized spacial score (nSPS) is 11.3. The number of aromatic nitrogens is 2. The maximum atomic E-state index is 12.6. The summed E-state index contributed by atoms with van der Waals surface area (Å²) < 4.78 is 25.1. The van der Waals surface area contributed by atoms with Crippen molar-refractivity contribution in [3.8, 4) is 0 Å². The number of hydrogen-bond acceptors (Lipinski definition) is 4. The molecule has 0 saturated heterocycles. The molecule has 0 aromatic carbocycles. The van der Waals surface area contributed by atoms with Crippen LogP contribution in [0.3, 0.4) is 0 Å². The maximum absolute atomic E-state index is 12.6. The van der Waals surface area contributed by atoms with Crippen molar-refractivity contribution in [3.05, 3.63) is 18.3 Å². The van der Waals surface area contributed by atoms with Crippen molar-refractivity contribution in [1.82, 2.24) is 10.2 Å². The van der Waals surface area contributed by atoms with Gasteiger partial charge in [-0.1, -0.05) is 11.8 Å². The molecule has 0 aliphatic carbocycles. The van der Waals surface area contributed by atoms with Crippen molar-refractivity contribution in [3.63, 3.8) is 0 Å². The third-order valence-electron chi connectivity index (χ3n) is 1.26. The van der Waals surface area contributed by atoms with Gasteiger partial charge in [-0.15, -0.1) is 5.10 Å². The third kappa shape index (κ3) is 2.91. The second kappa shape index (κ2) is 4.32. The SMILES string of the molecule is O=C(O)C(F)(F)CSc1cccnn1. The average molecular weight is 220 g/mol. The van der Waals surface area contributed by atoms with Crippen molar-refractivity contribution in [1.29, 1.82) is 0 Å². The number of thioether (sulfide) groups is 1. The summed E-state index contributed by atoms with van der Waals surface area (Å²) in [7, 11) is 0. The minimum atomic E-state index is -3.73. The molecule has 76 valence electrons. The summed E-state index contributed by atoms with van der Waals surface area (Å²) in [6.45, 7) is 0. The van der Waals surface area contributed by atoms with Crippen molar-refractivity contribution in [2.24, 2.45) is 0 Å². The number of rotatable bonds is 4. The zero-order valence-corrected chi connectivity index (χ0v) is 7.67. The smallest absolute Gasteiger partial charge is 0.375 e. The van der Waals surface area contributed by atoms with Gasteiger partial charge < -0.3 is 5.11 Å². The zero-order valence-electron chi connectivity index (χ0n) is 6.85. The highest BCUT2D eigenvalue weighted by Gasteiger charge is 2.38. The van der Waals surface area contributed by atoms with E-state index in [1.165, 1.54) is 18.3 Å². The van der Waals surface area contributed by atoms with E-state index in [9.17, 15) is 13.6 Å². The lowest BCUT2D eigenvalue weighted by molar-refractivity contribution is -0.161. The number of hydrogen-bond donors (Lipinski definition) is 1. The van der Waals surface area contributed by atoms with E-state index in [1.807, 2.05) is 0 Å². The molecular formula is C7H6F2N2O2S. The molecule has 0 aliphatic heterocycles. The summed E-state index contributed by atoms with van der Waals surface area (Å²) in [5, 5.41) is 15.4. The van der Waals surface area contributed by atoms with Gasteiger partial charge in [-0.25, -0.2) is 4.79 Å². The van der Waals surface area contributed by atoms with Crippen LogP contribution in [0.1, 0.15) is 0 Å². The van der Waals surface area contributed by atoms with E-state index in [4.69, 9.17) is 5.11 Å². The van der Waals surface area contributed by atoms with Crippen LogP contribution in [0, 0.1) is 0 Å². The van der Waals surface area contributed by atoms with E-state index in [0.717, 1.165) is 0 Å². The van der Waals surface area contributed by atoms with E-state index < -0.39 is 17.6 Å². The molecule has 1 aromatic rings. The Kier molecular flexibility index (Phi) is 3.34. The molecule has 0 amide bonds. The molecule has 1 heterocycles. The van der Waals surface area contributed by atoms with Crippen LogP contribution >= 0.6 is 11.8 Å². The molecule has 1 N–H and O–H groups in total. The Labute approximate surface area is 82.3 Å². The van der Waals surface area contributed by atoms with Gasteiger partial charge in [0.05, 0.1) is 5.75 Å². The molecule has 14 heavy (non-hydrogen) atoms. The van der Waals surface area contributed by atoms with E-state index in [2.05, 4.69) is 10.2 Å². The van der Waals surface area contributed by atoms with Crippen molar-refractivity contribution < 1.29 is 18.7 Å². The topological polar surface area (TPSA) is 63.1 Å². The minimum absolute atomic E-state index is 0.272. The number of carboxylic acid groups (broad SMARTS) is 1. The van der Waals surface area contributed by atoms with Gasteiger partial charge in [0.2, 0.25) is 0 Å². The van der Waals surface area contributed by atoms with Crippen molar-refractivity contribution in [2.75, 3.05) is 5.75 Å². The first-order chi connectivity index (χ1) is 6.52. The minimum Gasteiger partial charge on any atom is -0.477 e. The molecule has 0 unspecified atom stereocenters. The standard InChI is InChI=1S/C7H6F2N2O2S/c8-7(9,6(12)13)4-14-5-2-1-3-10-11-5/h1-3H,4H2,(H,12,13). The Hall–Kier alpha value is -1.24. The molecule has 0 radical (unpaired) electrons. The monoisotopic (exact) mass is 220 g/mol. The first-order valence-electron chi connectivity index (χ1n) is 3.54. The van der Waals surface area contributed by atoms with Crippen LogP contribution in [0.4, 0.5) is 8.78 Å². The number of carbonyl (C=O) groups is 1. The summed E-state index contributed by atoms with van der Waals surface area (Å²) in [6.07, 6.45) is 1.40. The number of halogens is 2. The number of alkyl halides is 2. The van der Waals surface area contributed by atoms with Gasteiger partial charge in [-0.2, -0.15) is 13.9 Å². The Morgan fingerprint density at radius 3 is 2.86 bits per heavy atom. The summed E-state index contributed by atoms with van der Waals surface area (Å²) >= 11 is 0.651. The van der Waals surface area contributed by atoms with E-state index >= 15 is 0 Å². The van der Waals surface area contributed by atoms with Gasteiger partial charge in [0, 0.05) is 6.20 Å². The van der Waals surface area contributed by atoms with Gasteiger partial charge in [-0.05, 0) is 12.1 Å². The molecule has 1 aromatic heterocycles. The predicted octanol–water partition coefficient (Wildman–Crippen LogP) is 1.29. The lowest BCUT2D eigenvalue weighted by atomic mass is 10.4. The average Bonchev–Trinajstić information content (AvgIpc) is 2.16. The maximum Gasteiger partial charge on any atom is 0.375 e. The molecular weight excluding hydrogens is 214 g/mol. The highest BCUT2D eigenvalue weighted by atomic mass is 32.2. The van der Waals surface area contributed by atoms with Crippen LogP contribution in [0.15, 0.2) is 23.4 Å². The predicted molar refractivity (Wildman–Crippen MR) is 45.3 cm³/mol. The summed E-state index contributed by atoms with van der Waals surface area (Å²) in [6, 6.07) is 3.02. The van der Waals surface area contributed by atoms with Crippen LogP contribution < -0.4 is 0 Å². The number of carboxylic acids is 1. The Morgan fingerprint density at radius 1 is 1.64 bits per heavy atom. The Bertz CT molecular complexity index is 321. The van der Waals surface area contributed by atoms with Gasteiger partial charge in [0.1, 0.15) is 5.03 Å². The van der Waals surface area contributed by atoms with Gasteiger partial charge in [0.15, 0.2) is 0 Å². The first kappa shape index (κ1) is 10.8. The molecule has 7 heteroatoms. The molecule has 0 spiro atoms. The highest BCUT2D eigenvalue weighted by molar-refractivity contribution is 7.99. The van der Waals surface area contributed by atoms with Crippen LogP contribution in [0.5, 0.6) is 0 Å². The largest absolute Gasteiger partial charge is 0.477 e. The lowest BCUT2D eigenvalue weighted by Crippen LogP contribution is -2.30. The van der Waals surface area contributed by atoms with Crippen LogP contribution in [-0.4, -0.2) is 32.9 Å². The molecule has 1 rings (SSSR count). The molecule has 4 nitrogen and oxygen atoms in total. The number of nitrogens with zero attached hydrogens (tertiary/aromatic N) is 2. The second-order valence-corrected chi connectivity index (χ2v) is 3.36. The van der Waals surface area contributed by atoms with E-state index in [0.29, 0.717) is 11.8 Å². The van der Waals surface area contributed by atoms with E-state index in [1.54, 1.807) is 0 Å². The Balaban J connectivity index is 2.53. The first-order valence-corrected chi connectivity index (χ1v) is 4.52.